The van der Waals surface area contributed by atoms with E-state index in [1.807, 2.05) is 0 Å². The van der Waals surface area contributed by atoms with Gasteiger partial charge in [-0.15, -0.1) is 4.91 Å². The smallest absolute Gasteiger partial charge is 0.160 e. The van der Waals surface area contributed by atoms with Gasteiger partial charge in [0.1, 0.15) is 5.76 Å². The molecule has 0 fully saturated rings. The number of ketones is 1. The summed E-state index contributed by atoms with van der Waals surface area (Å²) in [6.45, 7) is 2.83. The SMILES string of the molecule is CC(=O)/C=C(\C)ON=O. The van der Waals surface area contributed by atoms with Gasteiger partial charge in [0.2, 0.25) is 0 Å². The van der Waals surface area contributed by atoms with Gasteiger partial charge in [-0.25, -0.2) is 0 Å². The number of carbonyl (C=O) groups excluding carboxylic acids is 1. The van der Waals surface area contributed by atoms with E-state index in [0.29, 0.717) is 0 Å². The van der Waals surface area contributed by atoms with Crippen molar-refractivity contribution in [3.05, 3.63) is 16.7 Å². The molecule has 0 rings (SSSR count). The largest absolute Gasteiger partial charge is 0.329 e. The number of hydrogen-bond donors (Lipinski definition) is 0. The standard InChI is InChI=1S/C5H7NO3/c1-4(7)3-5(2)9-6-8/h3H,1-2H3/b5-3+. The van der Waals surface area contributed by atoms with E-state index in [0.717, 1.165) is 0 Å². The summed E-state index contributed by atoms with van der Waals surface area (Å²) < 4.78 is 0. The highest BCUT2D eigenvalue weighted by atomic mass is 16.7. The molecule has 50 valence electrons. The van der Waals surface area contributed by atoms with E-state index in [9.17, 15) is 9.70 Å². The van der Waals surface area contributed by atoms with Crippen LogP contribution in [0.15, 0.2) is 17.2 Å². The van der Waals surface area contributed by atoms with Crippen molar-refractivity contribution >= 4 is 5.78 Å². The molecule has 0 aliphatic rings. The number of allylic oxidation sites excluding steroid dienone is 2. The number of carbonyl (C=O) groups is 1. The normalized spacial score (nSPS) is 10.7. The van der Waals surface area contributed by atoms with Gasteiger partial charge in [0.05, 0.1) is 0 Å². The average molecular weight is 129 g/mol. The van der Waals surface area contributed by atoms with Crippen molar-refractivity contribution in [2.75, 3.05) is 0 Å². The Bertz CT molecular complexity index is 150. The Morgan fingerprint density at radius 3 is 2.44 bits per heavy atom. The molecule has 4 nitrogen and oxygen atoms in total. The lowest BCUT2D eigenvalue weighted by Crippen LogP contribution is -1.85. The first-order chi connectivity index (χ1) is 4.16. The zero-order valence-corrected chi connectivity index (χ0v) is 5.25. The van der Waals surface area contributed by atoms with Gasteiger partial charge in [-0.05, 0) is 13.8 Å². The molecule has 0 N–H and O–H groups in total. The van der Waals surface area contributed by atoms with Crippen molar-refractivity contribution < 1.29 is 9.63 Å². The van der Waals surface area contributed by atoms with Crippen LogP contribution in [0.5, 0.6) is 0 Å². The van der Waals surface area contributed by atoms with Gasteiger partial charge in [-0.1, -0.05) is 0 Å². The molecule has 0 saturated heterocycles. The number of hydrogen-bond acceptors (Lipinski definition) is 4. The lowest BCUT2D eigenvalue weighted by molar-refractivity contribution is -0.112. The van der Waals surface area contributed by atoms with Crippen molar-refractivity contribution in [3.63, 3.8) is 0 Å². The Morgan fingerprint density at radius 2 is 2.11 bits per heavy atom. The third-order valence-electron chi connectivity index (χ3n) is 0.588. The molecule has 4 heteroatoms. The third kappa shape index (κ3) is 4.67. The van der Waals surface area contributed by atoms with E-state index >= 15 is 0 Å². The first kappa shape index (κ1) is 7.81. The summed E-state index contributed by atoms with van der Waals surface area (Å²) in [7, 11) is 0. The van der Waals surface area contributed by atoms with Crippen molar-refractivity contribution in [2.45, 2.75) is 13.8 Å². The van der Waals surface area contributed by atoms with E-state index in [-0.39, 0.29) is 11.5 Å². The summed E-state index contributed by atoms with van der Waals surface area (Å²) in [4.78, 5) is 23.7. The molecule has 0 unspecified atom stereocenters. The molecular formula is C5H7NO3. The lowest BCUT2D eigenvalue weighted by atomic mass is 10.4. The molecular weight excluding hydrogens is 122 g/mol. The molecule has 0 aliphatic carbocycles. The van der Waals surface area contributed by atoms with Crippen LogP contribution in [0.2, 0.25) is 0 Å². The van der Waals surface area contributed by atoms with Crippen LogP contribution in [0, 0.1) is 4.91 Å². The van der Waals surface area contributed by atoms with E-state index in [1.54, 1.807) is 0 Å². The second-order valence-electron chi connectivity index (χ2n) is 1.53. The fourth-order valence-corrected chi connectivity index (χ4v) is 0.371. The topological polar surface area (TPSA) is 55.7 Å². The van der Waals surface area contributed by atoms with Gasteiger partial charge < -0.3 is 4.84 Å². The van der Waals surface area contributed by atoms with Crippen molar-refractivity contribution in [1.29, 1.82) is 0 Å². The maximum absolute atomic E-state index is 10.2. The molecule has 0 amide bonds. The van der Waals surface area contributed by atoms with Gasteiger partial charge in [0, 0.05) is 6.08 Å². The van der Waals surface area contributed by atoms with Crippen LogP contribution in [-0.4, -0.2) is 5.78 Å². The monoisotopic (exact) mass is 129 g/mol. The molecule has 0 spiro atoms. The maximum Gasteiger partial charge on any atom is 0.160 e. The fourth-order valence-electron chi connectivity index (χ4n) is 0.371. The summed E-state index contributed by atoms with van der Waals surface area (Å²) in [5.41, 5.74) is 0. The van der Waals surface area contributed by atoms with Gasteiger partial charge in [0.15, 0.2) is 11.1 Å². The van der Waals surface area contributed by atoms with Crippen LogP contribution >= 0.6 is 0 Å². The minimum Gasteiger partial charge on any atom is -0.329 e. The first-order valence-corrected chi connectivity index (χ1v) is 2.35. The summed E-state index contributed by atoms with van der Waals surface area (Å²) in [6, 6.07) is 0. The zero-order chi connectivity index (χ0) is 7.28. The second kappa shape index (κ2) is 3.77. The van der Waals surface area contributed by atoms with Gasteiger partial charge in [-0.2, -0.15) is 0 Å². The molecule has 0 bridgehead atoms. The van der Waals surface area contributed by atoms with Crippen LogP contribution in [0.4, 0.5) is 0 Å². The van der Waals surface area contributed by atoms with E-state index in [1.165, 1.54) is 19.9 Å². The van der Waals surface area contributed by atoms with Gasteiger partial charge in [0.25, 0.3) is 0 Å². The molecule has 0 radical (unpaired) electrons. The Hall–Kier alpha value is -1.19. The van der Waals surface area contributed by atoms with Crippen LogP contribution in [0.25, 0.3) is 0 Å². The van der Waals surface area contributed by atoms with Crippen LogP contribution in [0.1, 0.15) is 13.8 Å². The van der Waals surface area contributed by atoms with Crippen molar-refractivity contribution in [2.24, 2.45) is 5.34 Å². The van der Waals surface area contributed by atoms with Crippen molar-refractivity contribution in [3.8, 4) is 0 Å². The first-order valence-electron chi connectivity index (χ1n) is 2.35. The van der Waals surface area contributed by atoms with E-state index < -0.39 is 0 Å². The summed E-state index contributed by atoms with van der Waals surface area (Å²) in [5, 5.41) is 2.12. The molecule has 0 aromatic carbocycles. The highest BCUT2D eigenvalue weighted by Crippen LogP contribution is 1.94. The average Bonchev–Trinajstić information content (AvgIpc) is 1.63. The molecule has 0 heterocycles. The summed E-state index contributed by atoms with van der Waals surface area (Å²) in [6.07, 6.45) is 1.18. The predicted molar refractivity (Wildman–Crippen MR) is 31.3 cm³/mol. The Morgan fingerprint density at radius 1 is 1.56 bits per heavy atom. The molecule has 0 atom stereocenters. The number of rotatable bonds is 3. The van der Waals surface area contributed by atoms with E-state index in [4.69, 9.17) is 0 Å². The van der Waals surface area contributed by atoms with Crippen LogP contribution in [0.3, 0.4) is 0 Å². The minimum atomic E-state index is -0.170. The molecule has 0 aromatic heterocycles. The Labute approximate surface area is 52.4 Å². The molecule has 0 saturated carbocycles. The maximum atomic E-state index is 10.2. The van der Waals surface area contributed by atoms with Gasteiger partial charge in [-0.3, -0.25) is 4.79 Å². The lowest BCUT2D eigenvalue weighted by Gasteiger charge is -1.88. The third-order valence-corrected chi connectivity index (χ3v) is 0.588. The number of nitrogens with zero attached hydrogens (tertiary/aromatic N) is 1. The van der Waals surface area contributed by atoms with E-state index in [2.05, 4.69) is 10.2 Å². The van der Waals surface area contributed by atoms with Crippen LogP contribution in [-0.2, 0) is 9.63 Å². The summed E-state index contributed by atoms with van der Waals surface area (Å²) >= 11 is 0. The molecule has 0 aliphatic heterocycles. The fraction of sp³-hybridized carbons (Fsp3) is 0.400. The van der Waals surface area contributed by atoms with Gasteiger partial charge >= 0.3 is 0 Å². The Kier molecular flexibility index (Phi) is 3.27. The minimum absolute atomic E-state index is 0.170. The Balaban J connectivity index is 3.83. The summed E-state index contributed by atoms with van der Waals surface area (Å²) in [5.74, 6) is 0.0358. The highest BCUT2D eigenvalue weighted by Gasteiger charge is 1.90. The highest BCUT2D eigenvalue weighted by molar-refractivity contribution is 5.87. The molecule has 9 heavy (non-hydrogen) atoms. The quantitative estimate of drug-likeness (QED) is 0.249. The molecule has 0 aromatic rings. The second-order valence-corrected chi connectivity index (χ2v) is 1.53. The van der Waals surface area contributed by atoms with Crippen molar-refractivity contribution in [1.82, 2.24) is 0 Å². The van der Waals surface area contributed by atoms with Crippen LogP contribution < -0.4 is 0 Å². The zero-order valence-electron chi connectivity index (χ0n) is 5.25. The predicted octanol–water partition coefficient (Wildman–Crippen LogP) is 1.18.